The second-order valence-electron chi connectivity index (χ2n) is 6.88. The smallest absolute Gasteiger partial charge is 0.270 e. The number of imide groups is 1. The van der Waals surface area contributed by atoms with Gasteiger partial charge in [-0.2, -0.15) is 0 Å². The highest BCUT2D eigenvalue weighted by molar-refractivity contribution is 6.21. The van der Waals surface area contributed by atoms with E-state index in [1.165, 1.54) is 12.3 Å². The molecule has 2 aromatic rings. The molecule has 148 valence electrons. The van der Waals surface area contributed by atoms with E-state index >= 15 is 0 Å². The third kappa shape index (κ3) is 3.47. The number of fused-ring (bicyclic) bond motifs is 1. The molecular weight excluding hydrogens is 376 g/mol. The van der Waals surface area contributed by atoms with Crippen LogP contribution < -0.4 is 10.6 Å². The summed E-state index contributed by atoms with van der Waals surface area (Å²) in [5, 5.41) is 15.2. The van der Waals surface area contributed by atoms with Crippen LogP contribution in [0, 0.1) is 0 Å². The molecular formula is C20H18N4O5. The standard InChI is InChI=1S/C20H18N4O5/c25-16-7-6-15(18(27)23-16)24-19(28)12-5-4-11(9-13(12)20(24)29)10-22-17(26)14-3-1-2-8-21-14/h1-5,8-9,15,18,27H,6-7,10H2,(H,22,26)(H,23,25). The van der Waals surface area contributed by atoms with Crippen molar-refractivity contribution in [3.63, 3.8) is 0 Å². The van der Waals surface area contributed by atoms with Crippen LogP contribution in [0.2, 0.25) is 0 Å². The molecule has 29 heavy (non-hydrogen) atoms. The number of amides is 4. The van der Waals surface area contributed by atoms with Crippen molar-refractivity contribution >= 4 is 23.6 Å². The van der Waals surface area contributed by atoms with E-state index in [1.807, 2.05) is 0 Å². The van der Waals surface area contributed by atoms with E-state index in [0.29, 0.717) is 5.56 Å². The van der Waals surface area contributed by atoms with Crippen molar-refractivity contribution in [2.75, 3.05) is 0 Å². The van der Waals surface area contributed by atoms with Crippen LogP contribution in [0.1, 0.15) is 49.6 Å². The normalized spacial score (nSPS) is 21.0. The molecule has 1 aromatic carbocycles. The fraction of sp³-hybridized carbons (Fsp3) is 0.250. The summed E-state index contributed by atoms with van der Waals surface area (Å²) in [6, 6.07) is 8.94. The van der Waals surface area contributed by atoms with Gasteiger partial charge < -0.3 is 15.7 Å². The van der Waals surface area contributed by atoms with Gasteiger partial charge >= 0.3 is 0 Å². The lowest BCUT2D eigenvalue weighted by Gasteiger charge is -2.33. The highest BCUT2D eigenvalue weighted by Crippen LogP contribution is 2.29. The minimum absolute atomic E-state index is 0.125. The van der Waals surface area contributed by atoms with Crippen LogP contribution in [0.25, 0.3) is 0 Å². The summed E-state index contributed by atoms with van der Waals surface area (Å²) in [5.74, 6) is -1.70. The second kappa shape index (κ2) is 7.44. The lowest BCUT2D eigenvalue weighted by molar-refractivity contribution is -0.129. The van der Waals surface area contributed by atoms with Crippen LogP contribution >= 0.6 is 0 Å². The zero-order valence-corrected chi connectivity index (χ0v) is 15.3. The van der Waals surface area contributed by atoms with E-state index in [-0.39, 0.29) is 48.0 Å². The zero-order valence-electron chi connectivity index (χ0n) is 15.3. The Bertz CT molecular complexity index is 1010. The Balaban J connectivity index is 1.50. The average molecular weight is 394 g/mol. The van der Waals surface area contributed by atoms with Crippen molar-refractivity contribution < 1.29 is 24.3 Å². The number of carbonyl (C=O) groups is 4. The molecule has 0 saturated carbocycles. The fourth-order valence-electron chi connectivity index (χ4n) is 3.53. The molecule has 0 spiro atoms. The van der Waals surface area contributed by atoms with Crippen molar-refractivity contribution in [1.29, 1.82) is 0 Å². The average Bonchev–Trinajstić information content (AvgIpc) is 2.97. The molecule has 2 unspecified atom stereocenters. The Hall–Kier alpha value is -3.59. The van der Waals surface area contributed by atoms with Gasteiger partial charge in [0.25, 0.3) is 17.7 Å². The maximum Gasteiger partial charge on any atom is 0.270 e. The van der Waals surface area contributed by atoms with Crippen molar-refractivity contribution in [2.24, 2.45) is 0 Å². The maximum atomic E-state index is 12.8. The molecule has 2 atom stereocenters. The van der Waals surface area contributed by atoms with Crippen LogP contribution in [0.15, 0.2) is 42.6 Å². The van der Waals surface area contributed by atoms with Gasteiger partial charge in [0.05, 0.1) is 17.2 Å². The van der Waals surface area contributed by atoms with Crippen molar-refractivity contribution in [3.05, 3.63) is 65.0 Å². The number of rotatable bonds is 4. The molecule has 0 radical (unpaired) electrons. The molecule has 3 heterocycles. The molecule has 0 aliphatic carbocycles. The third-order valence-electron chi connectivity index (χ3n) is 5.01. The monoisotopic (exact) mass is 394 g/mol. The summed E-state index contributed by atoms with van der Waals surface area (Å²) in [5.41, 5.74) is 1.37. The number of aliphatic hydroxyl groups is 1. The first-order chi connectivity index (χ1) is 14.0. The van der Waals surface area contributed by atoms with Crippen LogP contribution in [-0.4, -0.2) is 50.9 Å². The summed E-state index contributed by atoms with van der Waals surface area (Å²) in [6.45, 7) is 0.159. The summed E-state index contributed by atoms with van der Waals surface area (Å²) in [4.78, 5) is 54.0. The van der Waals surface area contributed by atoms with E-state index in [4.69, 9.17) is 0 Å². The third-order valence-corrected chi connectivity index (χ3v) is 5.01. The molecule has 0 bridgehead atoms. The van der Waals surface area contributed by atoms with E-state index in [1.54, 1.807) is 30.3 Å². The highest BCUT2D eigenvalue weighted by Gasteiger charge is 2.44. The molecule has 9 nitrogen and oxygen atoms in total. The molecule has 4 rings (SSSR count). The quantitative estimate of drug-likeness (QED) is 0.636. The minimum Gasteiger partial charge on any atom is -0.372 e. The number of hydrogen-bond donors (Lipinski definition) is 3. The van der Waals surface area contributed by atoms with Crippen molar-refractivity contribution in [1.82, 2.24) is 20.5 Å². The molecule has 1 saturated heterocycles. The van der Waals surface area contributed by atoms with Gasteiger partial charge in [-0.25, -0.2) is 0 Å². The number of nitrogens with one attached hydrogen (secondary N) is 2. The van der Waals surface area contributed by atoms with Crippen LogP contribution in [0.5, 0.6) is 0 Å². The van der Waals surface area contributed by atoms with Crippen molar-refractivity contribution in [3.8, 4) is 0 Å². The molecule has 9 heteroatoms. The van der Waals surface area contributed by atoms with Gasteiger partial charge in [-0.1, -0.05) is 12.1 Å². The summed E-state index contributed by atoms with van der Waals surface area (Å²) >= 11 is 0. The number of aromatic nitrogens is 1. The van der Waals surface area contributed by atoms with E-state index < -0.39 is 24.1 Å². The summed E-state index contributed by atoms with van der Waals surface area (Å²) < 4.78 is 0. The topological polar surface area (TPSA) is 129 Å². The minimum atomic E-state index is -1.30. The Kier molecular flexibility index (Phi) is 4.81. The highest BCUT2D eigenvalue weighted by atomic mass is 16.3. The number of pyridine rings is 1. The lowest BCUT2D eigenvalue weighted by Crippen LogP contribution is -2.57. The molecule has 1 aromatic heterocycles. The first-order valence-electron chi connectivity index (χ1n) is 9.13. The van der Waals surface area contributed by atoms with Gasteiger partial charge in [-0.05, 0) is 36.2 Å². The van der Waals surface area contributed by atoms with Gasteiger partial charge in [-0.15, -0.1) is 0 Å². The van der Waals surface area contributed by atoms with Crippen LogP contribution in [0.4, 0.5) is 0 Å². The largest absolute Gasteiger partial charge is 0.372 e. The Labute approximate surface area is 165 Å². The Morgan fingerprint density at radius 1 is 1.17 bits per heavy atom. The van der Waals surface area contributed by atoms with Gasteiger partial charge in [0, 0.05) is 19.2 Å². The summed E-state index contributed by atoms with van der Waals surface area (Å²) in [7, 11) is 0. The fourth-order valence-corrected chi connectivity index (χ4v) is 3.53. The number of piperidine rings is 1. The van der Waals surface area contributed by atoms with E-state index in [2.05, 4.69) is 15.6 Å². The maximum absolute atomic E-state index is 12.8. The summed E-state index contributed by atoms with van der Waals surface area (Å²) in [6.07, 6.45) is 0.548. The van der Waals surface area contributed by atoms with E-state index in [0.717, 1.165) is 4.90 Å². The Morgan fingerprint density at radius 3 is 2.69 bits per heavy atom. The molecule has 4 amide bonds. The molecule has 2 aliphatic rings. The van der Waals surface area contributed by atoms with E-state index in [9.17, 15) is 24.3 Å². The van der Waals surface area contributed by atoms with Gasteiger partial charge in [0.15, 0.2) is 0 Å². The number of hydrogen-bond acceptors (Lipinski definition) is 6. The van der Waals surface area contributed by atoms with Gasteiger partial charge in [0.2, 0.25) is 5.91 Å². The number of benzene rings is 1. The number of carbonyl (C=O) groups excluding carboxylic acids is 4. The van der Waals surface area contributed by atoms with Crippen LogP contribution in [0.3, 0.4) is 0 Å². The van der Waals surface area contributed by atoms with Gasteiger partial charge in [0.1, 0.15) is 11.9 Å². The predicted octanol–water partition coefficient (Wildman–Crippen LogP) is 0.205. The lowest BCUT2D eigenvalue weighted by atomic mass is 10.0. The molecule has 2 aliphatic heterocycles. The first kappa shape index (κ1) is 18.8. The number of nitrogens with zero attached hydrogens (tertiary/aromatic N) is 2. The SMILES string of the molecule is O=C1CCC(N2C(=O)c3ccc(CNC(=O)c4ccccn4)cc3C2=O)C(O)N1. The zero-order chi connectivity index (χ0) is 20.5. The Morgan fingerprint density at radius 2 is 1.97 bits per heavy atom. The second-order valence-corrected chi connectivity index (χ2v) is 6.88. The predicted molar refractivity (Wildman–Crippen MR) is 99.5 cm³/mol. The van der Waals surface area contributed by atoms with Crippen LogP contribution in [-0.2, 0) is 11.3 Å². The molecule has 3 N–H and O–H groups in total. The first-order valence-corrected chi connectivity index (χ1v) is 9.13. The molecule has 1 fully saturated rings. The van der Waals surface area contributed by atoms with Gasteiger partial charge in [-0.3, -0.25) is 29.1 Å². The van der Waals surface area contributed by atoms with Crippen molar-refractivity contribution in [2.45, 2.75) is 31.7 Å². The number of aliphatic hydroxyl groups excluding tert-OH is 1.